The molecule has 0 spiro atoms. The van der Waals surface area contributed by atoms with Crippen LogP contribution in [0, 0.1) is 17.8 Å². The van der Waals surface area contributed by atoms with Gasteiger partial charge in [-0.2, -0.15) is 0 Å². The zero-order valence-electron chi connectivity index (χ0n) is 11.8. The number of hydrogen-bond acceptors (Lipinski definition) is 3. The number of likely N-dealkylation sites (tertiary alicyclic amines) is 1. The molecule has 1 saturated heterocycles. The molecule has 1 unspecified atom stereocenters. The van der Waals surface area contributed by atoms with Crippen LogP contribution in [0.1, 0.15) is 24.5 Å². The molecular formula is C16H19NO3. The van der Waals surface area contributed by atoms with Gasteiger partial charge < -0.3 is 14.7 Å². The summed E-state index contributed by atoms with van der Waals surface area (Å²) in [5.74, 6) is 6.80. The van der Waals surface area contributed by atoms with E-state index in [-0.39, 0.29) is 12.5 Å². The smallest absolute Gasteiger partial charge is 0.223 e. The van der Waals surface area contributed by atoms with Crippen molar-refractivity contribution in [3.63, 3.8) is 0 Å². The van der Waals surface area contributed by atoms with Crippen LogP contribution in [0.15, 0.2) is 18.2 Å². The molecule has 1 aliphatic heterocycles. The average molecular weight is 273 g/mol. The van der Waals surface area contributed by atoms with Crippen molar-refractivity contribution in [2.75, 3.05) is 20.3 Å². The Balaban J connectivity index is 2.18. The highest BCUT2D eigenvalue weighted by Gasteiger charge is 2.26. The number of carbonyl (C=O) groups is 1. The second-order valence-electron chi connectivity index (χ2n) is 5.08. The molecule has 1 heterocycles. The van der Waals surface area contributed by atoms with E-state index in [9.17, 15) is 4.79 Å². The van der Waals surface area contributed by atoms with Gasteiger partial charge in [-0.05, 0) is 23.6 Å². The van der Waals surface area contributed by atoms with Gasteiger partial charge in [0.25, 0.3) is 0 Å². The standard InChI is InChI=1S/C16H19NO3/c1-12-8-16(19)17(10-12)11-13-5-6-15(20-2)14(9-13)4-3-7-18/h5-6,9,12,18H,7-8,10-11H2,1-2H3. The largest absolute Gasteiger partial charge is 0.495 e. The molecule has 2 rings (SSSR count). The number of carbonyl (C=O) groups excluding carboxylic acids is 1. The molecule has 1 amide bonds. The summed E-state index contributed by atoms with van der Waals surface area (Å²) < 4.78 is 5.24. The van der Waals surface area contributed by atoms with Gasteiger partial charge in [0.05, 0.1) is 12.7 Å². The Morgan fingerprint density at radius 1 is 1.50 bits per heavy atom. The maximum absolute atomic E-state index is 11.8. The third-order valence-electron chi connectivity index (χ3n) is 3.35. The minimum absolute atomic E-state index is 0.185. The predicted molar refractivity (Wildman–Crippen MR) is 76.2 cm³/mol. The molecule has 1 aromatic rings. The normalized spacial score (nSPS) is 17.9. The van der Waals surface area contributed by atoms with E-state index < -0.39 is 0 Å². The van der Waals surface area contributed by atoms with Crippen molar-refractivity contribution in [3.05, 3.63) is 29.3 Å². The summed E-state index contributed by atoms with van der Waals surface area (Å²) in [4.78, 5) is 13.7. The summed E-state index contributed by atoms with van der Waals surface area (Å²) >= 11 is 0. The van der Waals surface area contributed by atoms with Crippen molar-refractivity contribution in [1.29, 1.82) is 0 Å². The van der Waals surface area contributed by atoms with Crippen LogP contribution >= 0.6 is 0 Å². The van der Waals surface area contributed by atoms with Gasteiger partial charge in [-0.25, -0.2) is 0 Å². The van der Waals surface area contributed by atoms with Crippen LogP contribution in [0.25, 0.3) is 0 Å². The molecule has 1 aliphatic rings. The van der Waals surface area contributed by atoms with Crippen LogP contribution in [-0.4, -0.2) is 36.2 Å². The summed E-state index contributed by atoms with van der Waals surface area (Å²) in [6.45, 7) is 3.31. The SMILES string of the molecule is COc1ccc(CN2CC(C)CC2=O)cc1C#CCO. The molecule has 1 aromatic carbocycles. The summed E-state index contributed by atoms with van der Waals surface area (Å²) in [7, 11) is 1.59. The zero-order chi connectivity index (χ0) is 14.5. The van der Waals surface area contributed by atoms with Gasteiger partial charge in [-0.1, -0.05) is 24.8 Å². The first-order valence-corrected chi connectivity index (χ1v) is 6.68. The van der Waals surface area contributed by atoms with Crippen LogP contribution in [0.2, 0.25) is 0 Å². The highest BCUT2D eigenvalue weighted by atomic mass is 16.5. The molecule has 20 heavy (non-hydrogen) atoms. The minimum Gasteiger partial charge on any atom is -0.495 e. The number of ether oxygens (including phenoxy) is 1. The lowest BCUT2D eigenvalue weighted by Gasteiger charge is -2.16. The van der Waals surface area contributed by atoms with Gasteiger partial charge >= 0.3 is 0 Å². The van der Waals surface area contributed by atoms with E-state index in [2.05, 4.69) is 18.8 Å². The number of benzene rings is 1. The lowest BCUT2D eigenvalue weighted by atomic mass is 10.1. The van der Waals surface area contributed by atoms with Gasteiger partial charge in [0.2, 0.25) is 5.91 Å². The Hall–Kier alpha value is -1.99. The van der Waals surface area contributed by atoms with Gasteiger partial charge in [0.1, 0.15) is 12.4 Å². The Morgan fingerprint density at radius 2 is 2.30 bits per heavy atom. The lowest BCUT2D eigenvalue weighted by molar-refractivity contribution is -0.128. The maximum atomic E-state index is 11.8. The molecule has 0 aliphatic carbocycles. The predicted octanol–water partition coefficient (Wildman–Crippen LogP) is 1.41. The highest BCUT2D eigenvalue weighted by molar-refractivity contribution is 5.78. The monoisotopic (exact) mass is 273 g/mol. The topological polar surface area (TPSA) is 49.8 Å². The molecule has 1 fully saturated rings. The third-order valence-corrected chi connectivity index (χ3v) is 3.35. The molecule has 0 saturated carbocycles. The Morgan fingerprint density at radius 3 is 2.90 bits per heavy atom. The fourth-order valence-corrected chi connectivity index (χ4v) is 2.43. The number of rotatable bonds is 3. The summed E-state index contributed by atoms with van der Waals surface area (Å²) in [6, 6.07) is 5.71. The summed E-state index contributed by atoms with van der Waals surface area (Å²) in [6.07, 6.45) is 0.632. The van der Waals surface area contributed by atoms with Crippen molar-refractivity contribution >= 4 is 5.91 Å². The number of methoxy groups -OCH3 is 1. The molecule has 4 heteroatoms. The lowest BCUT2D eigenvalue weighted by Crippen LogP contribution is -2.24. The first-order chi connectivity index (χ1) is 9.63. The number of aliphatic hydroxyl groups is 1. The van der Waals surface area contributed by atoms with E-state index >= 15 is 0 Å². The van der Waals surface area contributed by atoms with E-state index in [0.29, 0.717) is 24.6 Å². The first-order valence-electron chi connectivity index (χ1n) is 6.68. The van der Waals surface area contributed by atoms with Crippen molar-refractivity contribution in [2.24, 2.45) is 5.92 Å². The van der Waals surface area contributed by atoms with Gasteiger partial charge in [-0.15, -0.1) is 0 Å². The number of hydrogen-bond donors (Lipinski definition) is 1. The Bertz CT molecular complexity index is 557. The van der Waals surface area contributed by atoms with Crippen LogP contribution in [0.3, 0.4) is 0 Å². The summed E-state index contributed by atoms with van der Waals surface area (Å²) in [5, 5.41) is 8.79. The van der Waals surface area contributed by atoms with Crippen LogP contribution in [0.5, 0.6) is 5.75 Å². The van der Waals surface area contributed by atoms with Gasteiger partial charge in [0, 0.05) is 19.5 Å². The van der Waals surface area contributed by atoms with Crippen molar-refractivity contribution in [2.45, 2.75) is 19.9 Å². The van der Waals surface area contributed by atoms with E-state index in [0.717, 1.165) is 17.7 Å². The molecule has 4 nitrogen and oxygen atoms in total. The molecule has 0 aromatic heterocycles. The molecule has 106 valence electrons. The van der Waals surface area contributed by atoms with Crippen LogP contribution in [0.4, 0.5) is 0 Å². The van der Waals surface area contributed by atoms with Crippen molar-refractivity contribution in [3.8, 4) is 17.6 Å². The summed E-state index contributed by atoms with van der Waals surface area (Å²) in [5.41, 5.74) is 1.76. The molecule has 1 N–H and O–H groups in total. The highest BCUT2D eigenvalue weighted by Crippen LogP contribution is 2.23. The fraction of sp³-hybridized carbons (Fsp3) is 0.438. The number of amides is 1. The van der Waals surface area contributed by atoms with Gasteiger partial charge in [-0.3, -0.25) is 4.79 Å². The quantitative estimate of drug-likeness (QED) is 0.847. The fourth-order valence-electron chi connectivity index (χ4n) is 2.43. The molecule has 0 bridgehead atoms. The molecular weight excluding hydrogens is 254 g/mol. The molecule has 1 atom stereocenters. The zero-order valence-corrected chi connectivity index (χ0v) is 11.8. The van der Waals surface area contributed by atoms with E-state index in [1.807, 2.05) is 23.1 Å². The van der Waals surface area contributed by atoms with E-state index in [4.69, 9.17) is 9.84 Å². The third kappa shape index (κ3) is 3.31. The number of nitrogens with zero attached hydrogens (tertiary/aromatic N) is 1. The van der Waals surface area contributed by atoms with E-state index in [1.54, 1.807) is 7.11 Å². The Labute approximate surface area is 119 Å². The maximum Gasteiger partial charge on any atom is 0.223 e. The van der Waals surface area contributed by atoms with Crippen molar-refractivity contribution in [1.82, 2.24) is 4.90 Å². The second kappa shape index (κ2) is 6.44. The average Bonchev–Trinajstić information content (AvgIpc) is 2.75. The van der Waals surface area contributed by atoms with Crippen LogP contribution in [-0.2, 0) is 11.3 Å². The first kappa shape index (κ1) is 14.4. The molecule has 0 radical (unpaired) electrons. The van der Waals surface area contributed by atoms with Crippen molar-refractivity contribution < 1.29 is 14.6 Å². The number of aliphatic hydroxyl groups excluding tert-OH is 1. The van der Waals surface area contributed by atoms with Gasteiger partial charge in [0.15, 0.2) is 0 Å². The van der Waals surface area contributed by atoms with E-state index in [1.165, 1.54) is 0 Å². The second-order valence-corrected chi connectivity index (χ2v) is 5.08. The Kier molecular flexibility index (Phi) is 4.65. The minimum atomic E-state index is -0.185. The van der Waals surface area contributed by atoms with Crippen LogP contribution < -0.4 is 4.74 Å².